The molecule has 0 aliphatic carbocycles. The third kappa shape index (κ3) is 4.97. The molecule has 0 saturated heterocycles. The summed E-state index contributed by atoms with van der Waals surface area (Å²) in [4.78, 5) is 16.8. The van der Waals surface area contributed by atoms with Gasteiger partial charge in [0.2, 0.25) is 0 Å². The number of nitrogens with zero attached hydrogens (tertiary/aromatic N) is 1. The first-order chi connectivity index (χ1) is 14.0. The van der Waals surface area contributed by atoms with E-state index in [0.717, 1.165) is 16.1 Å². The van der Waals surface area contributed by atoms with Crippen LogP contribution in [-0.2, 0) is 11.4 Å². The van der Waals surface area contributed by atoms with E-state index in [1.807, 2.05) is 36.4 Å². The van der Waals surface area contributed by atoms with Crippen molar-refractivity contribution in [1.29, 1.82) is 0 Å². The van der Waals surface area contributed by atoms with E-state index < -0.39 is 11.4 Å². The van der Waals surface area contributed by atoms with Gasteiger partial charge in [-0.3, -0.25) is 4.79 Å². The number of thiazole rings is 1. The Kier molecular flexibility index (Phi) is 7.41. The largest absolute Gasteiger partial charge is 1.00 e. The second kappa shape index (κ2) is 9.82. The van der Waals surface area contributed by atoms with Gasteiger partial charge >= 0.3 is 29.6 Å². The maximum absolute atomic E-state index is 12.3. The summed E-state index contributed by atoms with van der Waals surface area (Å²) in [6.07, 6.45) is 0. The summed E-state index contributed by atoms with van der Waals surface area (Å²) >= 11 is -1.30. The van der Waals surface area contributed by atoms with Gasteiger partial charge in [0, 0.05) is 16.8 Å². The van der Waals surface area contributed by atoms with Gasteiger partial charge in [0.25, 0.3) is 5.91 Å². The molecule has 0 spiro atoms. The van der Waals surface area contributed by atoms with E-state index in [2.05, 4.69) is 10.3 Å². The van der Waals surface area contributed by atoms with Crippen molar-refractivity contribution in [2.45, 2.75) is 6.92 Å². The topological polar surface area (TPSA) is 91.3 Å². The number of nitrogens with one attached hydrogen (secondary N) is 1. The molecule has 0 radical (unpaired) electrons. The molecule has 1 amide bonds. The van der Waals surface area contributed by atoms with E-state index in [1.165, 1.54) is 11.3 Å². The van der Waals surface area contributed by atoms with Crippen LogP contribution in [0.1, 0.15) is 17.3 Å². The molecule has 1 aromatic heterocycles. The Morgan fingerprint density at radius 2 is 1.80 bits per heavy atom. The molecule has 30 heavy (non-hydrogen) atoms. The zero-order chi connectivity index (χ0) is 20.4. The Balaban J connectivity index is 0.00000171. The van der Waals surface area contributed by atoms with Crippen molar-refractivity contribution < 1.29 is 48.7 Å². The quantitative estimate of drug-likeness (QED) is 0.372. The summed E-state index contributed by atoms with van der Waals surface area (Å²) in [5.41, 5.74) is 3.50. The van der Waals surface area contributed by atoms with Gasteiger partial charge in [-0.2, -0.15) is 0 Å². The van der Waals surface area contributed by atoms with Crippen molar-refractivity contribution in [1.82, 2.24) is 4.98 Å². The average molecular weight is 447 g/mol. The van der Waals surface area contributed by atoms with Crippen LogP contribution in [0.4, 0.5) is 5.69 Å². The minimum Gasteiger partial charge on any atom is -1.00 e. The van der Waals surface area contributed by atoms with E-state index in [4.69, 9.17) is 4.18 Å². The maximum Gasteiger partial charge on any atom is 1.00 e. The summed E-state index contributed by atoms with van der Waals surface area (Å²) in [6.45, 7) is 1.78. The minimum atomic E-state index is -2.65. The van der Waals surface area contributed by atoms with Crippen molar-refractivity contribution >= 4 is 44.5 Å². The zero-order valence-electron chi connectivity index (χ0n) is 17.2. The minimum absolute atomic E-state index is 0. The molecule has 0 fully saturated rings. The Hall–Kier alpha value is -2.07. The van der Waals surface area contributed by atoms with Crippen LogP contribution in [0.15, 0.2) is 66.7 Å². The Labute approximate surface area is 203 Å². The fourth-order valence-electron chi connectivity index (χ4n) is 2.85. The Morgan fingerprint density at radius 1 is 1.10 bits per heavy atom. The van der Waals surface area contributed by atoms with Crippen LogP contribution in [0, 0.1) is 6.92 Å². The molecule has 0 bridgehead atoms. The standard InChI is InChI=1S/C21H16N2O4S2.Na.H/c1-13-7-12-17-19(18(13)27-29(25)26)28-21(23-17)15-8-10-16(11-9-15)22-20(24)14-5-3-2-4-6-14;;/h2-12H,1H3,(H,22,24)(H,25,26);;/q;+1;-1/p-1. The summed E-state index contributed by atoms with van der Waals surface area (Å²) < 4.78 is 27.6. The Morgan fingerprint density at radius 3 is 2.47 bits per heavy atom. The SMILES string of the molecule is Cc1ccc2nc(-c3ccc(NC(=O)c4ccccc4)cc3)sc2c1OS(=O)[O-].[H-].[Na+]. The first-order valence-electron chi connectivity index (χ1n) is 8.66. The molecule has 3 aromatic carbocycles. The maximum atomic E-state index is 12.3. The van der Waals surface area contributed by atoms with E-state index >= 15 is 0 Å². The average Bonchev–Trinajstić information content (AvgIpc) is 3.16. The van der Waals surface area contributed by atoms with Gasteiger partial charge in [0.05, 0.1) is 10.2 Å². The van der Waals surface area contributed by atoms with E-state index in [-0.39, 0.29) is 36.9 Å². The summed E-state index contributed by atoms with van der Waals surface area (Å²) in [5, 5.41) is 3.59. The molecular weight excluding hydrogens is 431 g/mol. The summed E-state index contributed by atoms with van der Waals surface area (Å²) in [7, 11) is 0. The molecule has 9 heteroatoms. The molecule has 1 heterocycles. The van der Waals surface area contributed by atoms with Gasteiger partial charge in [-0.25, -0.2) is 9.19 Å². The second-order valence-corrected chi connectivity index (χ2v) is 7.84. The van der Waals surface area contributed by atoms with E-state index in [0.29, 0.717) is 27.2 Å². The fraction of sp³-hybridized carbons (Fsp3) is 0.0476. The second-order valence-electron chi connectivity index (χ2n) is 6.26. The van der Waals surface area contributed by atoms with Crippen LogP contribution >= 0.6 is 11.3 Å². The number of aryl methyl sites for hydroxylation is 1. The number of benzene rings is 3. The predicted octanol–water partition coefficient (Wildman–Crippen LogP) is 1.81. The van der Waals surface area contributed by atoms with Gasteiger partial charge in [0.15, 0.2) is 5.75 Å². The first kappa shape index (κ1) is 22.6. The van der Waals surface area contributed by atoms with Crippen molar-refractivity contribution in [2.24, 2.45) is 0 Å². The molecule has 1 atom stereocenters. The van der Waals surface area contributed by atoms with Crippen LogP contribution in [0.2, 0.25) is 0 Å². The van der Waals surface area contributed by atoms with Crippen molar-refractivity contribution in [2.75, 3.05) is 5.32 Å². The number of amides is 1. The molecule has 6 nitrogen and oxygen atoms in total. The Bertz CT molecular complexity index is 1220. The third-order valence-corrected chi connectivity index (χ3v) is 5.71. The summed E-state index contributed by atoms with van der Waals surface area (Å²) in [6, 6.07) is 19.9. The smallest absolute Gasteiger partial charge is 1.00 e. The number of hydrogen-bond acceptors (Lipinski definition) is 6. The molecule has 1 N–H and O–H groups in total. The normalized spacial score (nSPS) is 11.5. The fourth-order valence-corrected chi connectivity index (χ4v) is 4.36. The molecule has 0 aliphatic rings. The molecule has 4 aromatic rings. The van der Waals surface area contributed by atoms with E-state index in [9.17, 15) is 13.6 Å². The zero-order valence-corrected chi connectivity index (χ0v) is 19.9. The first-order valence-corrected chi connectivity index (χ1v) is 10.5. The monoisotopic (exact) mass is 447 g/mol. The van der Waals surface area contributed by atoms with Gasteiger partial charge in [-0.15, -0.1) is 11.3 Å². The number of hydrogen-bond donors (Lipinski definition) is 1. The number of carbonyl (C=O) groups is 1. The van der Waals surface area contributed by atoms with Crippen molar-refractivity contribution in [3.8, 4) is 16.3 Å². The molecule has 1 unspecified atom stereocenters. The number of aromatic nitrogens is 1. The van der Waals surface area contributed by atoms with Crippen molar-refractivity contribution in [3.05, 3.63) is 77.9 Å². The predicted molar refractivity (Wildman–Crippen MR) is 115 cm³/mol. The van der Waals surface area contributed by atoms with Crippen LogP contribution in [0.5, 0.6) is 5.75 Å². The van der Waals surface area contributed by atoms with Crippen LogP contribution in [-0.4, -0.2) is 19.7 Å². The van der Waals surface area contributed by atoms with Crippen LogP contribution in [0.25, 0.3) is 20.8 Å². The van der Waals surface area contributed by atoms with E-state index in [1.54, 1.807) is 37.3 Å². The van der Waals surface area contributed by atoms with Crippen LogP contribution < -0.4 is 39.1 Å². The number of carbonyl (C=O) groups excluding carboxylic acids is 1. The number of anilines is 1. The van der Waals surface area contributed by atoms with Gasteiger partial charge in [-0.1, -0.05) is 24.3 Å². The van der Waals surface area contributed by atoms with Gasteiger partial charge < -0.3 is 15.5 Å². The molecular formula is C21H16N2NaO4S2-. The van der Waals surface area contributed by atoms with Crippen molar-refractivity contribution in [3.63, 3.8) is 0 Å². The molecule has 148 valence electrons. The van der Waals surface area contributed by atoms with Crippen LogP contribution in [0.3, 0.4) is 0 Å². The molecule has 4 rings (SSSR count). The van der Waals surface area contributed by atoms with Gasteiger partial charge in [-0.05, 0) is 55.0 Å². The number of rotatable bonds is 5. The molecule has 0 saturated carbocycles. The third-order valence-electron chi connectivity index (χ3n) is 4.29. The molecule has 0 aliphatic heterocycles. The number of fused-ring (bicyclic) bond motifs is 1. The van der Waals surface area contributed by atoms with Gasteiger partial charge in [0.1, 0.15) is 16.4 Å². The summed E-state index contributed by atoms with van der Waals surface area (Å²) in [5.74, 6) is 0.118.